The molecule has 0 bridgehead atoms. The number of rotatable bonds is 26. The van der Waals surface area contributed by atoms with Crippen molar-refractivity contribution in [3.63, 3.8) is 0 Å². The maximum absolute atomic E-state index is 11.8. The van der Waals surface area contributed by atoms with E-state index in [-0.39, 0.29) is 16.9 Å². The molecule has 5 heteroatoms. The van der Waals surface area contributed by atoms with Crippen LogP contribution in [-0.4, -0.2) is 43.4 Å². The van der Waals surface area contributed by atoms with Gasteiger partial charge in [0.15, 0.2) is 5.78 Å². The van der Waals surface area contributed by atoms with Gasteiger partial charge in [-0.15, -0.1) is 0 Å². The number of hydrogen-bond donors (Lipinski definition) is 0. The minimum absolute atomic E-state index is 0.0272. The van der Waals surface area contributed by atoms with Gasteiger partial charge in [-0.05, 0) is 55.0 Å². The molecule has 54 heavy (non-hydrogen) atoms. The summed E-state index contributed by atoms with van der Waals surface area (Å²) in [7, 11) is 0. The summed E-state index contributed by atoms with van der Waals surface area (Å²) in [5.74, 6) is 0.715. The summed E-state index contributed by atoms with van der Waals surface area (Å²) in [4.78, 5) is 28.7. The van der Waals surface area contributed by atoms with E-state index in [0.29, 0.717) is 37.1 Å². The lowest BCUT2D eigenvalue weighted by Crippen LogP contribution is -2.40. The van der Waals surface area contributed by atoms with E-state index in [9.17, 15) is 9.59 Å². The number of fused-ring (bicyclic) bond motifs is 2. The third-order valence-electron chi connectivity index (χ3n) is 12.6. The second kappa shape index (κ2) is 20.7. The highest BCUT2D eigenvalue weighted by atomic mass is 16.6. The van der Waals surface area contributed by atoms with Crippen LogP contribution < -0.4 is 9.80 Å². The number of hydrogen-bond acceptors (Lipinski definition) is 5. The molecule has 0 aliphatic carbocycles. The summed E-state index contributed by atoms with van der Waals surface area (Å²) in [6, 6.07) is 18.4. The van der Waals surface area contributed by atoms with Crippen molar-refractivity contribution >= 4 is 22.9 Å². The molecule has 2 atom stereocenters. The molecular weight excluding hydrogens is 665 g/mol. The lowest BCUT2D eigenvalue weighted by atomic mass is 9.80. The molecule has 2 aromatic carbocycles. The van der Waals surface area contributed by atoms with Crippen LogP contribution in [0.2, 0.25) is 0 Å². The van der Waals surface area contributed by atoms with Gasteiger partial charge in [-0.1, -0.05) is 160 Å². The van der Waals surface area contributed by atoms with Gasteiger partial charge in [-0.2, -0.15) is 0 Å². The van der Waals surface area contributed by atoms with Crippen LogP contribution in [0.4, 0.5) is 11.4 Å². The number of carbonyl (C=O) groups excluding carboxylic acids is 2. The van der Waals surface area contributed by atoms with Crippen LogP contribution in [0.5, 0.6) is 0 Å². The number of Topliss-reactive ketones (excluding diaryl/α,β-unsaturated/α-hetero) is 2. The van der Waals surface area contributed by atoms with Crippen LogP contribution >= 0.6 is 0 Å². The molecule has 3 aliphatic heterocycles. The maximum atomic E-state index is 11.8. The van der Waals surface area contributed by atoms with Crippen LogP contribution in [0, 0.1) is 0 Å². The summed E-state index contributed by atoms with van der Waals surface area (Å²) in [5, 5.41) is 0. The maximum Gasteiger partial charge on any atom is 0.163 e. The van der Waals surface area contributed by atoms with Gasteiger partial charge in [0.1, 0.15) is 11.9 Å². The van der Waals surface area contributed by atoms with Crippen LogP contribution in [0.15, 0.2) is 72.5 Å². The lowest BCUT2D eigenvalue weighted by Gasteiger charge is -2.32. The van der Waals surface area contributed by atoms with Gasteiger partial charge in [0.05, 0.1) is 12.6 Å². The zero-order chi connectivity index (χ0) is 38.4. The van der Waals surface area contributed by atoms with Crippen LogP contribution in [0.25, 0.3) is 0 Å². The third-order valence-corrected chi connectivity index (χ3v) is 12.6. The molecule has 0 saturated carbocycles. The second-order valence-corrected chi connectivity index (χ2v) is 17.4. The normalized spacial score (nSPS) is 20.2. The first-order valence-corrected chi connectivity index (χ1v) is 21.9. The molecule has 2 aromatic rings. The van der Waals surface area contributed by atoms with Gasteiger partial charge in [0.25, 0.3) is 0 Å². The van der Waals surface area contributed by atoms with E-state index >= 15 is 0 Å². The third kappa shape index (κ3) is 11.2. The number of allylic oxidation sites excluding steroid dienone is 3. The Kier molecular flexibility index (Phi) is 16.1. The molecule has 3 heterocycles. The standard InChI is InChI=1S/C49H72N2O3/c1-6-39(52)28-19-15-11-7-9-13-17-25-36-50-42-31-23-21-29-40(42)48(2,3)46(50)34-27-35-47-49(4,5)41-30-22-24-32-43(41)51(47)37-26-18-14-10-8-12-16-20-33-44(53)45-38-54-45/h21-24,27,29-32,34-35,45,47H,6-20,25-26,28,33,36-38H2,1-5H3/b35-27+,46-34+. The number of anilines is 2. The molecule has 1 fully saturated rings. The minimum atomic E-state index is -0.0692. The first kappa shape index (κ1) is 42.0. The quantitative estimate of drug-likeness (QED) is 0.0711. The highest BCUT2D eigenvalue weighted by Gasteiger charge is 2.43. The van der Waals surface area contributed by atoms with E-state index in [4.69, 9.17) is 4.74 Å². The molecule has 2 unspecified atom stereocenters. The SMILES string of the molecule is CCC(=O)CCCCCCCCCCN1/C(=C/C=C/C2N(CCCCCCCCCCC(=O)C3CO3)c3ccccc3C2(C)C)C(C)(C)c2ccccc21. The molecular formula is C49H72N2O3. The van der Waals surface area contributed by atoms with Crippen molar-refractivity contribution in [1.29, 1.82) is 0 Å². The minimum Gasteiger partial charge on any atom is -0.365 e. The van der Waals surface area contributed by atoms with Crippen molar-refractivity contribution in [3.8, 4) is 0 Å². The number of carbonyl (C=O) groups is 2. The summed E-state index contributed by atoms with van der Waals surface area (Å²) in [6.07, 6.45) is 29.0. The topological polar surface area (TPSA) is 53.2 Å². The van der Waals surface area contributed by atoms with Gasteiger partial charge in [-0.25, -0.2) is 0 Å². The zero-order valence-corrected chi connectivity index (χ0v) is 34.7. The fourth-order valence-electron chi connectivity index (χ4n) is 9.07. The van der Waals surface area contributed by atoms with Crippen molar-refractivity contribution in [3.05, 3.63) is 83.6 Å². The predicted octanol–water partition coefficient (Wildman–Crippen LogP) is 12.4. The van der Waals surface area contributed by atoms with Crippen LogP contribution in [0.1, 0.15) is 168 Å². The largest absolute Gasteiger partial charge is 0.365 e. The zero-order valence-electron chi connectivity index (χ0n) is 34.7. The molecule has 0 amide bonds. The summed E-state index contributed by atoms with van der Waals surface area (Å²) < 4.78 is 5.11. The average molecular weight is 737 g/mol. The first-order chi connectivity index (χ1) is 26.2. The summed E-state index contributed by atoms with van der Waals surface area (Å²) in [6.45, 7) is 14.4. The second-order valence-electron chi connectivity index (χ2n) is 17.4. The molecule has 5 nitrogen and oxygen atoms in total. The van der Waals surface area contributed by atoms with Crippen molar-refractivity contribution in [1.82, 2.24) is 0 Å². The molecule has 0 N–H and O–H groups in total. The summed E-state index contributed by atoms with van der Waals surface area (Å²) in [5.41, 5.74) is 7.05. The molecule has 0 spiro atoms. The number of para-hydroxylation sites is 2. The average Bonchev–Trinajstić information content (AvgIpc) is 3.97. The Hall–Kier alpha value is -3.18. The van der Waals surface area contributed by atoms with Crippen molar-refractivity contribution in [2.45, 2.75) is 180 Å². The Balaban J connectivity index is 1.13. The number of ether oxygens (including phenoxy) is 1. The molecule has 296 valence electrons. The first-order valence-electron chi connectivity index (χ1n) is 21.9. The molecule has 1 saturated heterocycles. The van der Waals surface area contributed by atoms with Gasteiger partial charge in [-0.3, -0.25) is 9.59 Å². The lowest BCUT2D eigenvalue weighted by molar-refractivity contribution is -0.120. The van der Waals surface area contributed by atoms with Crippen molar-refractivity contribution in [2.24, 2.45) is 0 Å². The van der Waals surface area contributed by atoms with E-state index in [1.54, 1.807) is 0 Å². The van der Waals surface area contributed by atoms with Gasteiger partial charge in [0, 0.05) is 60.3 Å². The Labute approximate surface area is 329 Å². The van der Waals surface area contributed by atoms with E-state index < -0.39 is 0 Å². The molecule has 3 aliphatic rings. The highest BCUT2D eigenvalue weighted by molar-refractivity contribution is 5.85. The van der Waals surface area contributed by atoms with Crippen LogP contribution in [-0.2, 0) is 25.2 Å². The summed E-state index contributed by atoms with van der Waals surface area (Å²) >= 11 is 0. The molecule has 0 aromatic heterocycles. The van der Waals surface area contributed by atoms with E-state index in [1.807, 2.05) is 6.92 Å². The van der Waals surface area contributed by atoms with Gasteiger partial charge in [0.2, 0.25) is 0 Å². The Morgan fingerprint density at radius 2 is 1.20 bits per heavy atom. The van der Waals surface area contributed by atoms with Gasteiger partial charge >= 0.3 is 0 Å². The number of nitrogens with zero attached hydrogens (tertiary/aromatic N) is 2. The van der Waals surface area contributed by atoms with E-state index in [2.05, 4.69) is 104 Å². The Morgan fingerprint density at radius 1 is 0.685 bits per heavy atom. The molecule has 5 rings (SSSR count). The fourth-order valence-corrected chi connectivity index (χ4v) is 9.07. The fraction of sp³-hybridized carbons (Fsp3) is 0.633. The van der Waals surface area contributed by atoms with Crippen LogP contribution in [0.3, 0.4) is 0 Å². The number of unbranched alkanes of at least 4 members (excludes halogenated alkanes) is 14. The van der Waals surface area contributed by atoms with Crippen molar-refractivity contribution < 1.29 is 14.3 Å². The number of benzene rings is 2. The highest BCUT2D eigenvalue weighted by Crippen LogP contribution is 2.48. The smallest absolute Gasteiger partial charge is 0.163 e. The predicted molar refractivity (Wildman–Crippen MR) is 228 cm³/mol. The monoisotopic (exact) mass is 737 g/mol. The van der Waals surface area contributed by atoms with Crippen molar-refractivity contribution in [2.75, 3.05) is 29.5 Å². The number of epoxide rings is 1. The Bertz CT molecular complexity index is 1550. The van der Waals surface area contributed by atoms with Gasteiger partial charge < -0.3 is 14.5 Å². The van der Waals surface area contributed by atoms with E-state index in [1.165, 1.54) is 112 Å². The molecule has 0 radical (unpaired) electrons. The number of ketones is 2. The Morgan fingerprint density at radius 3 is 1.81 bits per heavy atom. The van der Waals surface area contributed by atoms with E-state index in [0.717, 1.165) is 38.8 Å².